The van der Waals surface area contributed by atoms with Crippen LogP contribution in [0.5, 0.6) is 0 Å². The van der Waals surface area contributed by atoms with Gasteiger partial charge in [-0.2, -0.15) is 0 Å². The van der Waals surface area contributed by atoms with Crippen molar-refractivity contribution in [2.24, 2.45) is 0 Å². The van der Waals surface area contributed by atoms with Crippen molar-refractivity contribution < 1.29 is 39.8 Å². The number of aliphatic hydroxyl groups is 5. The summed E-state index contributed by atoms with van der Waals surface area (Å²) < 4.78 is 11.3. The molecule has 0 aromatic rings. The standard InChI is InChI=1S/C52H101NO8/c1-3-5-7-9-11-13-15-16-17-18-19-20-21-22-23-24-25-26-27-28-29-30-32-33-35-37-39-41-46(55)45(44-60-52-51(59)50(58)49(57)47(43-54)61-52)53-48(56)42-40-38-36-34-31-14-12-10-8-6-4-2/h10,12,45-47,49-52,54-55,57-59H,3-9,11,13-44H2,1-2H3,(H,53,56)/b12-10-. The van der Waals surface area contributed by atoms with E-state index in [1.54, 1.807) is 0 Å². The number of carbonyl (C=O) groups is 1. The number of rotatable bonds is 45. The number of nitrogens with one attached hydrogen (secondary N) is 1. The first-order valence-electron chi connectivity index (χ1n) is 26.4. The smallest absolute Gasteiger partial charge is 0.220 e. The highest BCUT2D eigenvalue weighted by Crippen LogP contribution is 2.23. The topological polar surface area (TPSA) is 149 Å². The van der Waals surface area contributed by atoms with Gasteiger partial charge in [0.05, 0.1) is 25.4 Å². The predicted molar refractivity (Wildman–Crippen MR) is 254 cm³/mol. The minimum Gasteiger partial charge on any atom is -0.394 e. The van der Waals surface area contributed by atoms with Gasteiger partial charge < -0.3 is 40.3 Å². The summed E-state index contributed by atoms with van der Waals surface area (Å²) >= 11 is 0. The first kappa shape index (κ1) is 57.9. The normalized spacial score (nSPS) is 20.4. The van der Waals surface area contributed by atoms with E-state index in [2.05, 4.69) is 31.3 Å². The molecule has 1 aliphatic heterocycles. The van der Waals surface area contributed by atoms with E-state index in [0.717, 1.165) is 64.2 Å². The molecular weight excluding hydrogens is 767 g/mol. The van der Waals surface area contributed by atoms with E-state index in [9.17, 15) is 30.3 Å². The van der Waals surface area contributed by atoms with Gasteiger partial charge in [-0.1, -0.05) is 231 Å². The fourth-order valence-electron chi connectivity index (χ4n) is 8.61. The van der Waals surface area contributed by atoms with Crippen LogP contribution >= 0.6 is 0 Å². The number of ether oxygens (including phenoxy) is 2. The molecule has 6 N–H and O–H groups in total. The zero-order valence-electron chi connectivity index (χ0n) is 39.9. The first-order chi connectivity index (χ1) is 29.8. The van der Waals surface area contributed by atoms with Crippen LogP contribution in [-0.2, 0) is 14.3 Å². The van der Waals surface area contributed by atoms with E-state index < -0.39 is 49.5 Å². The third-order valence-corrected chi connectivity index (χ3v) is 12.9. The van der Waals surface area contributed by atoms with E-state index in [1.807, 2.05) is 0 Å². The fourth-order valence-corrected chi connectivity index (χ4v) is 8.61. The molecule has 0 aromatic carbocycles. The van der Waals surface area contributed by atoms with Gasteiger partial charge in [0.1, 0.15) is 24.4 Å². The van der Waals surface area contributed by atoms with E-state index in [0.29, 0.717) is 12.8 Å². The van der Waals surface area contributed by atoms with E-state index in [-0.39, 0.29) is 12.5 Å². The summed E-state index contributed by atoms with van der Waals surface area (Å²) in [5.74, 6) is -0.152. The summed E-state index contributed by atoms with van der Waals surface area (Å²) in [6.45, 7) is 3.81. The summed E-state index contributed by atoms with van der Waals surface area (Å²) in [5, 5.41) is 54.4. The van der Waals surface area contributed by atoms with Crippen LogP contribution in [-0.4, -0.2) is 87.5 Å². The number of hydrogen-bond donors (Lipinski definition) is 6. The summed E-state index contributed by atoms with van der Waals surface area (Å²) in [6, 6.07) is -0.719. The Labute approximate surface area is 376 Å². The fraction of sp³-hybridized carbons (Fsp3) is 0.942. The molecule has 0 spiro atoms. The van der Waals surface area contributed by atoms with Crippen molar-refractivity contribution in [3.63, 3.8) is 0 Å². The summed E-state index contributed by atoms with van der Waals surface area (Å²) in [5.41, 5.74) is 0. The molecule has 1 saturated heterocycles. The Kier molecular flexibility index (Phi) is 40.7. The van der Waals surface area contributed by atoms with Gasteiger partial charge in [0.25, 0.3) is 0 Å². The van der Waals surface area contributed by atoms with Gasteiger partial charge in [-0.3, -0.25) is 4.79 Å². The molecule has 9 heteroatoms. The Morgan fingerprint density at radius 1 is 0.541 bits per heavy atom. The molecule has 7 atom stereocenters. The van der Waals surface area contributed by atoms with E-state index >= 15 is 0 Å². The molecule has 0 saturated carbocycles. The third-order valence-electron chi connectivity index (χ3n) is 12.9. The maximum Gasteiger partial charge on any atom is 0.220 e. The molecule has 1 rings (SSSR count). The molecule has 0 aromatic heterocycles. The molecule has 9 nitrogen and oxygen atoms in total. The second-order valence-corrected chi connectivity index (χ2v) is 18.7. The van der Waals surface area contributed by atoms with Crippen molar-refractivity contribution in [3.8, 4) is 0 Å². The molecule has 1 fully saturated rings. The lowest BCUT2D eigenvalue weighted by atomic mass is 9.99. The maximum atomic E-state index is 13.0. The number of hydrogen-bond acceptors (Lipinski definition) is 8. The van der Waals surface area contributed by atoms with Gasteiger partial charge in [-0.25, -0.2) is 0 Å². The van der Waals surface area contributed by atoms with Crippen molar-refractivity contribution in [3.05, 3.63) is 12.2 Å². The number of unbranched alkanes of at least 4 members (excludes halogenated alkanes) is 33. The van der Waals surface area contributed by atoms with Crippen LogP contribution in [0.2, 0.25) is 0 Å². The molecule has 7 unspecified atom stereocenters. The van der Waals surface area contributed by atoms with Crippen LogP contribution in [0, 0.1) is 0 Å². The molecule has 1 heterocycles. The van der Waals surface area contributed by atoms with Crippen LogP contribution in [0.4, 0.5) is 0 Å². The minimum absolute atomic E-state index is 0.138. The lowest BCUT2D eigenvalue weighted by Gasteiger charge is -2.40. The van der Waals surface area contributed by atoms with Crippen molar-refractivity contribution >= 4 is 5.91 Å². The van der Waals surface area contributed by atoms with Crippen LogP contribution in [0.1, 0.15) is 258 Å². The molecular formula is C52H101NO8. The van der Waals surface area contributed by atoms with Gasteiger partial charge >= 0.3 is 0 Å². The maximum absolute atomic E-state index is 13.0. The molecule has 0 bridgehead atoms. The zero-order chi connectivity index (χ0) is 44.4. The second kappa shape index (κ2) is 42.9. The Balaban J connectivity index is 2.16. The average molecular weight is 868 g/mol. The zero-order valence-corrected chi connectivity index (χ0v) is 39.9. The number of aliphatic hydroxyl groups excluding tert-OH is 5. The summed E-state index contributed by atoms with van der Waals surface area (Å²) in [7, 11) is 0. The molecule has 0 aliphatic carbocycles. The first-order valence-corrected chi connectivity index (χ1v) is 26.4. The number of allylic oxidation sites excluding steroid dienone is 2. The van der Waals surface area contributed by atoms with Gasteiger partial charge in [0.15, 0.2) is 6.29 Å². The third kappa shape index (κ3) is 33.1. The van der Waals surface area contributed by atoms with Crippen molar-refractivity contribution in [2.75, 3.05) is 13.2 Å². The highest BCUT2D eigenvalue weighted by atomic mass is 16.7. The van der Waals surface area contributed by atoms with Crippen molar-refractivity contribution in [1.82, 2.24) is 5.32 Å². The van der Waals surface area contributed by atoms with Gasteiger partial charge in [0.2, 0.25) is 5.91 Å². The van der Waals surface area contributed by atoms with Gasteiger partial charge in [0, 0.05) is 6.42 Å². The predicted octanol–water partition coefficient (Wildman–Crippen LogP) is 12.1. The van der Waals surface area contributed by atoms with Crippen molar-refractivity contribution in [1.29, 1.82) is 0 Å². The highest BCUT2D eigenvalue weighted by Gasteiger charge is 2.44. The average Bonchev–Trinajstić information content (AvgIpc) is 3.26. The SMILES string of the molecule is CCCC/C=C\CCCCCCCC(=O)NC(COC1OC(CO)C(O)C(O)C1O)C(O)CCCCCCCCCCCCCCCCCCCCCCCCCCCCC. The molecule has 61 heavy (non-hydrogen) atoms. The van der Waals surface area contributed by atoms with Crippen molar-refractivity contribution in [2.45, 2.75) is 301 Å². The quantitative estimate of drug-likeness (QED) is 0.0262. The Bertz CT molecular complexity index is 966. The Hall–Kier alpha value is -1.07. The molecule has 1 amide bonds. The van der Waals surface area contributed by atoms with Crippen LogP contribution in [0.3, 0.4) is 0 Å². The van der Waals surface area contributed by atoms with Gasteiger partial charge in [-0.05, 0) is 32.1 Å². The largest absolute Gasteiger partial charge is 0.394 e. The second-order valence-electron chi connectivity index (χ2n) is 18.7. The van der Waals surface area contributed by atoms with Crippen LogP contribution in [0.25, 0.3) is 0 Å². The summed E-state index contributed by atoms with van der Waals surface area (Å²) in [4.78, 5) is 13.0. The highest BCUT2D eigenvalue weighted by molar-refractivity contribution is 5.76. The molecule has 362 valence electrons. The van der Waals surface area contributed by atoms with Crippen LogP contribution in [0.15, 0.2) is 12.2 Å². The van der Waals surface area contributed by atoms with Crippen LogP contribution < -0.4 is 5.32 Å². The Morgan fingerprint density at radius 3 is 1.38 bits per heavy atom. The molecule has 1 aliphatic rings. The van der Waals surface area contributed by atoms with E-state index in [4.69, 9.17) is 9.47 Å². The molecule has 0 radical (unpaired) electrons. The minimum atomic E-state index is -1.55. The monoisotopic (exact) mass is 868 g/mol. The van der Waals surface area contributed by atoms with E-state index in [1.165, 1.54) is 167 Å². The number of amides is 1. The summed E-state index contributed by atoms with van der Waals surface area (Å²) in [6.07, 6.45) is 43.9. The lowest BCUT2D eigenvalue weighted by molar-refractivity contribution is -0.302. The Morgan fingerprint density at radius 2 is 0.934 bits per heavy atom. The lowest BCUT2D eigenvalue weighted by Crippen LogP contribution is -2.60. The number of carbonyl (C=O) groups excluding carboxylic acids is 1. The van der Waals surface area contributed by atoms with Gasteiger partial charge in [-0.15, -0.1) is 0 Å².